The Morgan fingerprint density at radius 1 is 0.676 bits per heavy atom. The van der Waals surface area contributed by atoms with Crippen molar-refractivity contribution in [3.8, 4) is 0 Å². The molecule has 0 bridgehead atoms. The van der Waals surface area contributed by atoms with Crippen molar-refractivity contribution >= 4 is 52.4 Å². The summed E-state index contributed by atoms with van der Waals surface area (Å²) in [6.45, 7) is -0.126. The first-order chi connectivity index (χ1) is 16.4. The fourth-order valence-electron chi connectivity index (χ4n) is 2.79. The lowest BCUT2D eigenvalue weighted by Crippen LogP contribution is -2.23. The van der Waals surface area contributed by atoms with Crippen LogP contribution >= 0.6 is 11.6 Å². The van der Waals surface area contributed by atoms with Crippen molar-refractivity contribution in [3.63, 3.8) is 0 Å². The molecular formula is C23H18ClF2N7O. The summed E-state index contributed by atoms with van der Waals surface area (Å²) in [7, 11) is 0. The minimum atomic E-state index is -0.381. The van der Waals surface area contributed by atoms with Gasteiger partial charge in [-0.25, -0.2) is 8.78 Å². The summed E-state index contributed by atoms with van der Waals surface area (Å²) >= 11 is 5.85. The Bertz CT molecular complexity index is 1200. The summed E-state index contributed by atoms with van der Waals surface area (Å²) in [4.78, 5) is 25.1. The monoisotopic (exact) mass is 481 g/mol. The van der Waals surface area contributed by atoms with Crippen LogP contribution in [0.4, 0.5) is 43.7 Å². The third-order valence-corrected chi connectivity index (χ3v) is 4.62. The molecule has 11 heteroatoms. The second kappa shape index (κ2) is 10.5. The number of rotatable bonds is 8. The van der Waals surface area contributed by atoms with E-state index in [0.29, 0.717) is 22.1 Å². The number of halogens is 3. The second-order valence-electron chi connectivity index (χ2n) is 6.98. The molecule has 0 saturated heterocycles. The van der Waals surface area contributed by atoms with Gasteiger partial charge >= 0.3 is 0 Å². The van der Waals surface area contributed by atoms with Gasteiger partial charge in [0.1, 0.15) is 11.6 Å². The number of benzene rings is 3. The van der Waals surface area contributed by atoms with Gasteiger partial charge in [-0.05, 0) is 72.8 Å². The molecule has 4 aromatic rings. The molecule has 0 atom stereocenters. The van der Waals surface area contributed by atoms with E-state index in [-0.39, 0.29) is 41.9 Å². The molecule has 8 nitrogen and oxygen atoms in total. The predicted octanol–water partition coefficient (Wildman–Crippen LogP) is 5.34. The Morgan fingerprint density at radius 2 is 1.12 bits per heavy atom. The van der Waals surface area contributed by atoms with Crippen LogP contribution in [0.3, 0.4) is 0 Å². The average molecular weight is 482 g/mol. The van der Waals surface area contributed by atoms with Gasteiger partial charge in [-0.2, -0.15) is 15.0 Å². The van der Waals surface area contributed by atoms with Crippen molar-refractivity contribution in [1.29, 1.82) is 0 Å². The smallest absolute Gasteiger partial charge is 0.243 e. The third-order valence-electron chi connectivity index (χ3n) is 4.37. The lowest BCUT2D eigenvalue weighted by atomic mass is 10.3. The van der Waals surface area contributed by atoms with Gasteiger partial charge in [-0.1, -0.05) is 11.6 Å². The molecule has 0 fully saturated rings. The van der Waals surface area contributed by atoms with Gasteiger partial charge in [0.2, 0.25) is 23.8 Å². The van der Waals surface area contributed by atoms with Gasteiger partial charge in [-0.3, -0.25) is 4.79 Å². The van der Waals surface area contributed by atoms with Crippen LogP contribution in [0, 0.1) is 11.6 Å². The molecule has 0 unspecified atom stereocenters. The lowest BCUT2D eigenvalue weighted by molar-refractivity contribution is -0.114. The standard InChI is InChI=1S/C23H18ClF2N7O/c24-14-1-7-17(8-2-14)28-20(34)13-27-21-31-22(29-18-9-3-15(25)4-10-18)33-23(32-21)30-19-11-5-16(26)6-12-19/h1-12H,13H2,(H,28,34)(H3,27,29,30,31,32,33). The number of carbonyl (C=O) groups is 1. The molecule has 172 valence electrons. The second-order valence-corrected chi connectivity index (χ2v) is 7.42. The zero-order valence-corrected chi connectivity index (χ0v) is 18.3. The number of hydrogen-bond acceptors (Lipinski definition) is 7. The minimum Gasteiger partial charge on any atom is -0.345 e. The Morgan fingerprint density at radius 3 is 1.62 bits per heavy atom. The summed E-state index contributed by atoms with van der Waals surface area (Å²) in [6.07, 6.45) is 0. The molecule has 0 aliphatic heterocycles. The maximum atomic E-state index is 13.2. The van der Waals surface area contributed by atoms with E-state index in [9.17, 15) is 13.6 Å². The van der Waals surface area contributed by atoms with Gasteiger partial charge in [0.05, 0.1) is 6.54 Å². The van der Waals surface area contributed by atoms with Crippen LogP contribution in [-0.2, 0) is 4.79 Å². The van der Waals surface area contributed by atoms with Gasteiger partial charge in [0, 0.05) is 22.1 Å². The zero-order valence-electron chi connectivity index (χ0n) is 17.5. The number of nitrogens with one attached hydrogen (secondary N) is 4. The Balaban J connectivity index is 1.50. The van der Waals surface area contributed by atoms with Gasteiger partial charge in [0.25, 0.3) is 0 Å². The molecule has 0 saturated carbocycles. The fourth-order valence-corrected chi connectivity index (χ4v) is 2.92. The molecular weight excluding hydrogens is 464 g/mol. The van der Waals surface area contributed by atoms with E-state index < -0.39 is 0 Å². The van der Waals surface area contributed by atoms with Gasteiger partial charge < -0.3 is 21.3 Å². The molecule has 3 aromatic carbocycles. The SMILES string of the molecule is O=C(CNc1nc(Nc2ccc(F)cc2)nc(Nc2ccc(F)cc2)n1)Nc1ccc(Cl)cc1. The predicted molar refractivity (Wildman–Crippen MR) is 128 cm³/mol. The number of amides is 1. The van der Waals surface area contributed by atoms with Crippen molar-refractivity contribution in [1.82, 2.24) is 15.0 Å². The highest BCUT2D eigenvalue weighted by molar-refractivity contribution is 6.30. The van der Waals surface area contributed by atoms with E-state index in [0.717, 1.165) is 0 Å². The third kappa shape index (κ3) is 6.59. The molecule has 1 aromatic heterocycles. The first-order valence-electron chi connectivity index (χ1n) is 10.0. The first-order valence-corrected chi connectivity index (χ1v) is 10.4. The van der Waals surface area contributed by atoms with Crippen LogP contribution in [0.25, 0.3) is 0 Å². The molecule has 0 radical (unpaired) electrons. The molecule has 0 aliphatic carbocycles. The zero-order chi connectivity index (χ0) is 23.9. The topological polar surface area (TPSA) is 104 Å². The Labute approximate surface area is 198 Å². The van der Waals surface area contributed by atoms with Crippen LogP contribution in [0.5, 0.6) is 0 Å². The number of anilines is 6. The van der Waals surface area contributed by atoms with E-state index in [4.69, 9.17) is 11.6 Å². The van der Waals surface area contributed by atoms with Gasteiger partial charge in [0.15, 0.2) is 0 Å². The van der Waals surface area contributed by atoms with E-state index in [1.165, 1.54) is 48.5 Å². The molecule has 1 heterocycles. The maximum absolute atomic E-state index is 13.2. The maximum Gasteiger partial charge on any atom is 0.243 e. The molecule has 0 spiro atoms. The summed E-state index contributed by atoms with van der Waals surface area (Å²) in [5.74, 6) is -0.694. The fraction of sp³-hybridized carbons (Fsp3) is 0.0435. The highest BCUT2D eigenvalue weighted by atomic mass is 35.5. The lowest BCUT2D eigenvalue weighted by Gasteiger charge is -2.12. The van der Waals surface area contributed by atoms with Crippen LogP contribution in [0.15, 0.2) is 72.8 Å². The molecule has 0 aliphatic rings. The summed E-state index contributed by atoms with van der Waals surface area (Å²) < 4.78 is 26.4. The molecule has 4 rings (SSSR count). The van der Waals surface area contributed by atoms with Crippen molar-refractivity contribution in [2.75, 3.05) is 27.8 Å². The summed E-state index contributed by atoms with van der Waals surface area (Å²) in [5, 5.41) is 12.0. The van der Waals surface area contributed by atoms with Crippen LogP contribution in [-0.4, -0.2) is 27.4 Å². The normalized spacial score (nSPS) is 10.4. The van der Waals surface area contributed by atoms with E-state index in [1.54, 1.807) is 24.3 Å². The Kier molecular flexibility index (Phi) is 7.09. The number of hydrogen-bond donors (Lipinski definition) is 4. The van der Waals surface area contributed by atoms with Crippen molar-refractivity contribution in [2.45, 2.75) is 0 Å². The molecule has 1 amide bonds. The van der Waals surface area contributed by atoms with Crippen LogP contribution in [0.2, 0.25) is 5.02 Å². The minimum absolute atomic E-state index is 0.107. The quantitative estimate of drug-likeness (QED) is 0.269. The van der Waals surface area contributed by atoms with Crippen LogP contribution in [0.1, 0.15) is 0 Å². The van der Waals surface area contributed by atoms with E-state index in [2.05, 4.69) is 36.2 Å². The molecule has 34 heavy (non-hydrogen) atoms. The van der Waals surface area contributed by atoms with Crippen molar-refractivity contribution < 1.29 is 13.6 Å². The van der Waals surface area contributed by atoms with Crippen molar-refractivity contribution in [3.05, 3.63) is 89.5 Å². The van der Waals surface area contributed by atoms with Crippen molar-refractivity contribution in [2.24, 2.45) is 0 Å². The highest BCUT2D eigenvalue weighted by Gasteiger charge is 2.10. The van der Waals surface area contributed by atoms with Gasteiger partial charge in [-0.15, -0.1) is 0 Å². The van der Waals surface area contributed by atoms with E-state index >= 15 is 0 Å². The summed E-state index contributed by atoms with van der Waals surface area (Å²) in [5.41, 5.74) is 1.68. The highest BCUT2D eigenvalue weighted by Crippen LogP contribution is 2.19. The van der Waals surface area contributed by atoms with E-state index in [1.807, 2.05) is 0 Å². The Hall–Kier alpha value is -4.31. The number of nitrogens with zero attached hydrogens (tertiary/aromatic N) is 3. The number of carbonyl (C=O) groups excluding carboxylic acids is 1. The first kappa shape index (κ1) is 22.9. The number of aromatic nitrogens is 3. The van der Waals surface area contributed by atoms with Crippen LogP contribution < -0.4 is 21.3 Å². The largest absolute Gasteiger partial charge is 0.345 e. The molecule has 4 N–H and O–H groups in total. The summed E-state index contributed by atoms with van der Waals surface area (Å²) in [6, 6.07) is 18.0. The average Bonchev–Trinajstić information content (AvgIpc) is 2.82.